The van der Waals surface area contributed by atoms with Crippen LogP contribution in [0.1, 0.15) is 50.5 Å². The van der Waals surface area contributed by atoms with Crippen molar-refractivity contribution in [1.82, 2.24) is 25.2 Å². The van der Waals surface area contributed by atoms with Gasteiger partial charge in [0.05, 0.1) is 10.9 Å². The van der Waals surface area contributed by atoms with Crippen molar-refractivity contribution in [2.24, 2.45) is 0 Å². The maximum Gasteiger partial charge on any atom is 0.319 e. The summed E-state index contributed by atoms with van der Waals surface area (Å²) in [6.45, 7) is 4.10. The third kappa shape index (κ3) is 4.00. The Hall–Kier alpha value is -2.98. The van der Waals surface area contributed by atoms with Crippen LogP contribution in [0.4, 0.5) is 19.0 Å². The number of rotatable bonds is 6. The number of halogens is 3. The number of nitrogens with one attached hydrogen (secondary N) is 1. The Labute approximate surface area is 219 Å². The number of alkyl halides is 2. The van der Waals surface area contributed by atoms with Gasteiger partial charge in [0.1, 0.15) is 23.6 Å². The van der Waals surface area contributed by atoms with Crippen molar-refractivity contribution in [2.45, 2.75) is 62.6 Å². The smallest absolute Gasteiger partial charge is 0.319 e. The number of piperazine rings is 1. The zero-order valence-corrected chi connectivity index (χ0v) is 21.2. The number of anilines is 1. The third-order valence-corrected chi connectivity index (χ3v) is 8.89. The van der Waals surface area contributed by atoms with Gasteiger partial charge in [-0.3, -0.25) is 9.88 Å². The van der Waals surface area contributed by atoms with Gasteiger partial charge in [-0.05, 0) is 51.6 Å². The molecule has 10 heteroatoms. The highest BCUT2D eigenvalue weighted by Crippen LogP contribution is 2.40. The molecule has 0 spiro atoms. The summed E-state index contributed by atoms with van der Waals surface area (Å²) in [6, 6.07) is 6.73. The molecule has 2 atom stereocenters. The van der Waals surface area contributed by atoms with Gasteiger partial charge in [-0.2, -0.15) is 9.97 Å². The highest BCUT2D eigenvalue weighted by molar-refractivity contribution is 5.92. The Balaban J connectivity index is 1.32. The predicted molar refractivity (Wildman–Crippen MR) is 138 cm³/mol. The van der Waals surface area contributed by atoms with Crippen molar-refractivity contribution < 1.29 is 17.9 Å². The summed E-state index contributed by atoms with van der Waals surface area (Å²) >= 11 is 0. The molecule has 1 aromatic carbocycles. The molecule has 38 heavy (non-hydrogen) atoms. The highest BCUT2D eigenvalue weighted by atomic mass is 19.3. The van der Waals surface area contributed by atoms with Gasteiger partial charge in [0, 0.05) is 42.5 Å². The lowest BCUT2D eigenvalue weighted by Crippen LogP contribution is -2.51. The summed E-state index contributed by atoms with van der Waals surface area (Å²) < 4.78 is 49.9. The van der Waals surface area contributed by atoms with Gasteiger partial charge in [-0.15, -0.1) is 0 Å². The van der Waals surface area contributed by atoms with E-state index in [1.807, 2.05) is 0 Å². The summed E-state index contributed by atoms with van der Waals surface area (Å²) in [5.74, 6) is -0.139. The van der Waals surface area contributed by atoms with E-state index in [4.69, 9.17) is 9.72 Å². The second-order valence-corrected chi connectivity index (χ2v) is 11.2. The van der Waals surface area contributed by atoms with Crippen LogP contribution in [0.5, 0.6) is 6.01 Å². The van der Waals surface area contributed by atoms with Crippen LogP contribution >= 0.6 is 0 Å². The van der Waals surface area contributed by atoms with E-state index in [1.165, 1.54) is 24.4 Å². The maximum atomic E-state index is 16.2. The first kappa shape index (κ1) is 24.1. The molecule has 4 saturated heterocycles. The summed E-state index contributed by atoms with van der Waals surface area (Å²) in [4.78, 5) is 18.3. The second kappa shape index (κ2) is 9.34. The van der Waals surface area contributed by atoms with Gasteiger partial charge in [0.2, 0.25) is 0 Å². The van der Waals surface area contributed by atoms with E-state index in [-0.39, 0.29) is 33.9 Å². The van der Waals surface area contributed by atoms with Crippen LogP contribution in [0.2, 0.25) is 0 Å². The number of benzene rings is 1. The monoisotopic (exact) mass is 524 g/mol. The predicted octanol–water partition coefficient (Wildman–Crippen LogP) is 4.72. The number of hydrogen-bond acceptors (Lipinski definition) is 7. The van der Waals surface area contributed by atoms with Gasteiger partial charge < -0.3 is 15.0 Å². The van der Waals surface area contributed by atoms with E-state index in [0.717, 1.165) is 64.7 Å². The van der Waals surface area contributed by atoms with Crippen LogP contribution in [-0.2, 0) is 0 Å². The lowest BCUT2D eigenvalue weighted by atomic mass is 9.95. The van der Waals surface area contributed by atoms with E-state index in [9.17, 15) is 8.78 Å². The fraction of sp³-hybridized carbons (Fsp3) is 0.536. The van der Waals surface area contributed by atoms with E-state index < -0.39 is 12.2 Å². The van der Waals surface area contributed by atoms with Gasteiger partial charge in [-0.1, -0.05) is 24.3 Å². The SMILES string of the molecule is Fc1c(-c2ccccc2C(F)F)ncc2c(N3CC4CCC(C3)N4)nc(OCC34CCCN3CCC4)nc12. The molecule has 3 aromatic rings. The fourth-order valence-corrected chi connectivity index (χ4v) is 7.05. The lowest BCUT2D eigenvalue weighted by Gasteiger charge is -2.34. The summed E-state index contributed by atoms with van der Waals surface area (Å²) in [5.41, 5.74) is -0.288. The standard InChI is InChI=1S/C28H31F3N6O/c29-22-23(19-5-1-2-6-20(19)25(30)31)32-13-21-24(22)34-27(38-16-28-9-3-11-37(28)12-4-10-28)35-26(21)36-14-17-7-8-18(15-36)33-17/h1-2,5-6,13,17-18,25,33H,3-4,7-12,14-16H2. The Morgan fingerprint density at radius 2 is 1.79 bits per heavy atom. The summed E-state index contributed by atoms with van der Waals surface area (Å²) in [7, 11) is 0. The Kier molecular flexibility index (Phi) is 5.92. The molecule has 4 aliphatic heterocycles. The van der Waals surface area contributed by atoms with Crippen molar-refractivity contribution in [1.29, 1.82) is 0 Å². The molecular formula is C28H31F3N6O. The van der Waals surface area contributed by atoms with Gasteiger partial charge >= 0.3 is 6.01 Å². The third-order valence-electron chi connectivity index (χ3n) is 8.89. The Bertz CT molecular complexity index is 1350. The van der Waals surface area contributed by atoms with Crippen LogP contribution in [0.3, 0.4) is 0 Å². The lowest BCUT2D eigenvalue weighted by molar-refractivity contribution is 0.108. The molecule has 0 radical (unpaired) electrons. The van der Waals surface area contributed by atoms with E-state index in [1.54, 1.807) is 6.07 Å². The van der Waals surface area contributed by atoms with Crippen molar-refractivity contribution >= 4 is 16.7 Å². The minimum atomic E-state index is -2.75. The molecule has 0 aliphatic carbocycles. The average molecular weight is 525 g/mol. The molecule has 4 aliphatic rings. The number of ether oxygens (including phenoxy) is 1. The largest absolute Gasteiger partial charge is 0.461 e. The first-order valence-electron chi connectivity index (χ1n) is 13.6. The van der Waals surface area contributed by atoms with Crippen molar-refractivity contribution in [3.05, 3.63) is 41.8 Å². The maximum absolute atomic E-state index is 16.2. The summed E-state index contributed by atoms with van der Waals surface area (Å²) in [5, 5.41) is 4.08. The molecule has 0 amide bonds. The zero-order chi connectivity index (χ0) is 25.9. The molecule has 4 fully saturated rings. The number of aromatic nitrogens is 3. The molecule has 2 bridgehead atoms. The zero-order valence-electron chi connectivity index (χ0n) is 21.2. The Morgan fingerprint density at radius 3 is 2.53 bits per heavy atom. The van der Waals surface area contributed by atoms with E-state index in [2.05, 4.69) is 25.1 Å². The van der Waals surface area contributed by atoms with Gasteiger partial charge in [-0.25, -0.2) is 13.2 Å². The first-order valence-corrected chi connectivity index (χ1v) is 13.6. The topological polar surface area (TPSA) is 66.4 Å². The van der Waals surface area contributed by atoms with Crippen LogP contribution in [0.15, 0.2) is 30.5 Å². The van der Waals surface area contributed by atoms with Crippen molar-refractivity contribution in [2.75, 3.05) is 37.7 Å². The van der Waals surface area contributed by atoms with Crippen molar-refractivity contribution in [3.8, 4) is 17.3 Å². The highest BCUT2D eigenvalue weighted by Gasteiger charge is 2.45. The molecular weight excluding hydrogens is 493 g/mol. The molecule has 2 aromatic heterocycles. The first-order chi connectivity index (χ1) is 18.5. The molecule has 2 unspecified atom stereocenters. The van der Waals surface area contributed by atoms with Crippen LogP contribution < -0.4 is 15.0 Å². The van der Waals surface area contributed by atoms with Crippen LogP contribution in [0.25, 0.3) is 22.2 Å². The van der Waals surface area contributed by atoms with Gasteiger partial charge in [0.15, 0.2) is 5.82 Å². The molecule has 7 nitrogen and oxygen atoms in total. The number of hydrogen-bond donors (Lipinski definition) is 1. The number of nitrogens with zero attached hydrogens (tertiary/aromatic N) is 5. The molecule has 7 rings (SSSR count). The van der Waals surface area contributed by atoms with Crippen LogP contribution in [-0.4, -0.2) is 70.3 Å². The molecule has 1 N–H and O–H groups in total. The number of fused-ring (bicyclic) bond motifs is 4. The minimum Gasteiger partial charge on any atom is -0.461 e. The number of pyridine rings is 1. The van der Waals surface area contributed by atoms with E-state index in [0.29, 0.717) is 29.9 Å². The summed E-state index contributed by atoms with van der Waals surface area (Å²) in [6.07, 6.45) is 5.38. The van der Waals surface area contributed by atoms with Crippen molar-refractivity contribution in [3.63, 3.8) is 0 Å². The Morgan fingerprint density at radius 1 is 1.05 bits per heavy atom. The van der Waals surface area contributed by atoms with E-state index >= 15 is 4.39 Å². The molecule has 0 saturated carbocycles. The minimum absolute atomic E-state index is 0.00914. The molecule has 200 valence electrons. The normalized spacial score (nSPS) is 24.5. The fourth-order valence-electron chi connectivity index (χ4n) is 7.05. The quantitative estimate of drug-likeness (QED) is 0.501. The average Bonchev–Trinajstić information content (AvgIpc) is 3.61. The van der Waals surface area contributed by atoms with Crippen LogP contribution in [0, 0.1) is 5.82 Å². The van der Waals surface area contributed by atoms with Gasteiger partial charge in [0.25, 0.3) is 6.43 Å². The second-order valence-electron chi connectivity index (χ2n) is 11.2. The molecule has 6 heterocycles.